The van der Waals surface area contributed by atoms with Crippen molar-refractivity contribution >= 4 is 5.69 Å². The van der Waals surface area contributed by atoms with Crippen LogP contribution in [0.3, 0.4) is 0 Å². The van der Waals surface area contributed by atoms with E-state index >= 15 is 0 Å². The summed E-state index contributed by atoms with van der Waals surface area (Å²) in [6.45, 7) is 5.19. The van der Waals surface area contributed by atoms with Gasteiger partial charge < -0.3 is 10.6 Å². The van der Waals surface area contributed by atoms with Crippen molar-refractivity contribution in [3.63, 3.8) is 0 Å². The van der Waals surface area contributed by atoms with E-state index in [1.54, 1.807) is 0 Å². The van der Waals surface area contributed by atoms with Gasteiger partial charge in [-0.1, -0.05) is 6.07 Å². The molecule has 2 rings (SSSR count). The minimum absolute atomic E-state index is 0.302. The first-order valence-corrected chi connectivity index (χ1v) is 6.15. The Labute approximate surface area is 103 Å². The fourth-order valence-corrected chi connectivity index (χ4v) is 2.54. The predicted molar refractivity (Wildman–Crippen MR) is 69.9 cm³/mol. The third kappa shape index (κ3) is 2.42. The molecule has 0 amide bonds. The minimum atomic E-state index is 0.302. The molecule has 1 saturated heterocycles. The van der Waals surface area contributed by atoms with E-state index in [0.717, 1.165) is 30.6 Å². The van der Waals surface area contributed by atoms with Crippen molar-refractivity contribution in [3.05, 3.63) is 29.3 Å². The average Bonchev–Trinajstić information content (AvgIpc) is 2.29. The van der Waals surface area contributed by atoms with E-state index in [4.69, 9.17) is 5.73 Å². The van der Waals surface area contributed by atoms with Gasteiger partial charge in [-0.2, -0.15) is 5.26 Å². The lowest BCUT2D eigenvalue weighted by Gasteiger charge is -2.38. The summed E-state index contributed by atoms with van der Waals surface area (Å²) in [5, 5.41) is 9.18. The number of hydrogen-bond donors (Lipinski definition) is 1. The first kappa shape index (κ1) is 11.9. The second kappa shape index (κ2) is 4.77. The Bertz CT molecular complexity index is 447. The fraction of sp³-hybridized carbons (Fsp3) is 0.500. The van der Waals surface area contributed by atoms with Crippen LogP contribution in [0.5, 0.6) is 0 Å². The van der Waals surface area contributed by atoms with Crippen molar-refractivity contribution in [2.24, 2.45) is 5.73 Å². The first-order chi connectivity index (χ1) is 8.11. The van der Waals surface area contributed by atoms with Crippen LogP contribution in [-0.2, 0) is 0 Å². The molecular weight excluding hydrogens is 210 g/mol. The molecule has 17 heavy (non-hydrogen) atoms. The molecule has 0 aliphatic carbocycles. The third-order valence-electron chi connectivity index (χ3n) is 3.50. The van der Waals surface area contributed by atoms with Crippen LogP contribution < -0.4 is 10.6 Å². The smallest absolute Gasteiger partial charge is 0.101 e. The summed E-state index contributed by atoms with van der Waals surface area (Å²) in [6.07, 6.45) is 2.00. The maximum Gasteiger partial charge on any atom is 0.101 e. The number of nitrogens with two attached hydrogens (primary N) is 1. The summed E-state index contributed by atoms with van der Waals surface area (Å²) in [5.74, 6) is 0. The summed E-state index contributed by atoms with van der Waals surface area (Å²) >= 11 is 0. The Balaban J connectivity index is 2.33. The van der Waals surface area contributed by atoms with E-state index < -0.39 is 0 Å². The maximum absolute atomic E-state index is 9.18. The topological polar surface area (TPSA) is 53.0 Å². The quantitative estimate of drug-likeness (QED) is 0.803. The normalized spacial score (nSPS) is 24.5. The van der Waals surface area contributed by atoms with Gasteiger partial charge in [0.25, 0.3) is 0 Å². The van der Waals surface area contributed by atoms with E-state index in [0.29, 0.717) is 12.1 Å². The van der Waals surface area contributed by atoms with Crippen molar-refractivity contribution in [2.45, 2.75) is 38.8 Å². The molecule has 2 unspecified atom stereocenters. The van der Waals surface area contributed by atoms with Gasteiger partial charge in [0.2, 0.25) is 0 Å². The number of piperidine rings is 1. The van der Waals surface area contributed by atoms with E-state index in [2.05, 4.69) is 30.9 Å². The second-order valence-corrected chi connectivity index (χ2v) is 4.96. The van der Waals surface area contributed by atoms with Crippen molar-refractivity contribution in [1.82, 2.24) is 0 Å². The summed E-state index contributed by atoms with van der Waals surface area (Å²) in [7, 11) is 0. The van der Waals surface area contributed by atoms with Crippen LogP contribution in [0.25, 0.3) is 0 Å². The Morgan fingerprint density at radius 1 is 1.47 bits per heavy atom. The third-order valence-corrected chi connectivity index (χ3v) is 3.50. The highest BCUT2D eigenvalue weighted by atomic mass is 15.2. The Kier molecular flexibility index (Phi) is 3.35. The lowest BCUT2D eigenvalue weighted by Crippen LogP contribution is -2.45. The maximum atomic E-state index is 9.18. The number of hydrogen-bond acceptors (Lipinski definition) is 3. The molecule has 0 spiro atoms. The molecule has 3 heteroatoms. The van der Waals surface area contributed by atoms with Gasteiger partial charge in [0.1, 0.15) is 6.07 Å². The van der Waals surface area contributed by atoms with Crippen LogP contribution in [-0.4, -0.2) is 18.6 Å². The Morgan fingerprint density at radius 3 is 2.88 bits per heavy atom. The zero-order valence-corrected chi connectivity index (χ0v) is 10.5. The van der Waals surface area contributed by atoms with Crippen molar-refractivity contribution in [3.8, 4) is 6.07 Å². The Morgan fingerprint density at radius 2 is 2.24 bits per heavy atom. The summed E-state index contributed by atoms with van der Waals surface area (Å²) in [6, 6.07) is 8.99. The molecule has 2 N–H and O–H groups in total. The lowest BCUT2D eigenvalue weighted by atomic mass is 9.97. The summed E-state index contributed by atoms with van der Waals surface area (Å²) in [4.78, 5) is 2.31. The molecule has 1 aliphatic heterocycles. The van der Waals surface area contributed by atoms with Gasteiger partial charge in [0, 0.05) is 18.6 Å². The van der Waals surface area contributed by atoms with Crippen LogP contribution in [0.15, 0.2) is 18.2 Å². The zero-order chi connectivity index (χ0) is 12.4. The molecular formula is C14H19N3. The second-order valence-electron chi connectivity index (χ2n) is 4.96. The van der Waals surface area contributed by atoms with Gasteiger partial charge in [-0.25, -0.2) is 0 Å². The van der Waals surface area contributed by atoms with Crippen LogP contribution in [0, 0.1) is 18.3 Å². The van der Waals surface area contributed by atoms with Gasteiger partial charge in [0.15, 0.2) is 0 Å². The van der Waals surface area contributed by atoms with Gasteiger partial charge in [-0.15, -0.1) is 0 Å². The van der Waals surface area contributed by atoms with E-state index in [9.17, 15) is 5.26 Å². The molecule has 0 bridgehead atoms. The first-order valence-electron chi connectivity index (χ1n) is 6.15. The van der Waals surface area contributed by atoms with Crippen LogP contribution in [0.2, 0.25) is 0 Å². The number of rotatable bonds is 1. The van der Waals surface area contributed by atoms with Crippen LogP contribution in [0.1, 0.15) is 30.9 Å². The summed E-state index contributed by atoms with van der Waals surface area (Å²) in [5.41, 5.74) is 8.99. The van der Waals surface area contributed by atoms with E-state index in [1.807, 2.05) is 12.1 Å². The minimum Gasteiger partial charge on any atom is -0.368 e. The molecule has 1 aromatic carbocycles. The molecule has 0 radical (unpaired) electrons. The highest BCUT2D eigenvalue weighted by molar-refractivity contribution is 5.61. The highest BCUT2D eigenvalue weighted by Gasteiger charge is 2.24. The van der Waals surface area contributed by atoms with Crippen molar-refractivity contribution in [1.29, 1.82) is 5.26 Å². The van der Waals surface area contributed by atoms with E-state index in [-0.39, 0.29) is 0 Å². The SMILES string of the molecule is Cc1ccc(C#N)c(N2CCC(N)CC2C)c1. The monoisotopic (exact) mass is 229 g/mol. The fourth-order valence-electron chi connectivity index (χ4n) is 2.54. The van der Waals surface area contributed by atoms with Crippen molar-refractivity contribution < 1.29 is 0 Å². The molecule has 0 aromatic heterocycles. The zero-order valence-electron chi connectivity index (χ0n) is 10.5. The molecule has 0 saturated carbocycles. The molecule has 1 aromatic rings. The average molecular weight is 229 g/mol. The van der Waals surface area contributed by atoms with E-state index in [1.165, 1.54) is 5.56 Å². The van der Waals surface area contributed by atoms with Crippen LogP contribution >= 0.6 is 0 Å². The van der Waals surface area contributed by atoms with Crippen molar-refractivity contribution in [2.75, 3.05) is 11.4 Å². The number of anilines is 1. The molecule has 2 atom stereocenters. The predicted octanol–water partition coefficient (Wildman–Crippen LogP) is 2.18. The molecule has 1 fully saturated rings. The largest absolute Gasteiger partial charge is 0.368 e. The molecule has 90 valence electrons. The number of nitrogens with zero attached hydrogens (tertiary/aromatic N) is 2. The Hall–Kier alpha value is -1.53. The molecule has 1 heterocycles. The van der Waals surface area contributed by atoms with Gasteiger partial charge in [-0.05, 0) is 44.4 Å². The van der Waals surface area contributed by atoms with Gasteiger partial charge in [0.05, 0.1) is 11.3 Å². The molecule has 1 aliphatic rings. The van der Waals surface area contributed by atoms with Gasteiger partial charge >= 0.3 is 0 Å². The lowest BCUT2D eigenvalue weighted by molar-refractivity contribution is 0.429. The number of nitriles is 1. The summed E-state index contributed by atoms with van der Waals surface area (Å²) < 4.78 is 0. The van der Waals surface area contributed by atoms with Crippen LogP contribution in [0.4, 0.5) is 5.69 Å². The number of aryl methyl sites for hydroxylation is 1. The number of benzene rings is 1. The highest BCUT2D eigenvalue weighted by Crippen LogP contribution is 2.28. The standard InChI is InChI=1S/C14H19N3/c1-10-3-4-12(9-15)14(7-10)17-6-5-13(16)8-11(17)2/h3-4,7,11,13H,5-6,8,16H2,1-2H3. The van der Waals surface area contributed by atoms with Gasteiger partial charge in [-0.3, -0.25) is 0 Å². The molecule has 3 nitrogen and oxygen atoms in total.